The van der Waals surface area contributed by atoms with Crippen LogP contribution in [-0.4, -0.2) is 86.9 Å². The van der Waals surface area contributed by atoms with Crippen molar-refractivity contribution in [2.75, 3.05) is 57.4 Å². The average molecular weight is 500 g/mol. The molecule has 3 aromatic rings. The Balaban J connectivity index is 1.38. The van der Waals surface area contributed by atoms with Crippen LogP contribution in [0, 0.1) is 0 Å². The van der Waals surface area contributed by atoms with Gasteiger partial charge in [-0.25, -0.2) is 13.4 Å². The van der Waals surface area contributed by atoms with Gasteiger partial charge in [0.15, 0.2) is 5.76 Å². The normalized spacial score (nSPS) is 17.6. The Kier molecular flexibility index (Phi) is 6.17. The fourth-order valence-corrected chi connectivity index (χ4v) is 5.65. The molecule has 0 atom stereocenters. The van der Waals surface area contributed by atoms with Crippen molar-refractivity contribution in [2.24, 2.45) is 5.73 Å². The third-order valence-corrected chi connectivity index (χ3v) is 7.99. The summed E-state index contributed by atoms with van der Waals surface area (Å²) in [6.45, 7) is 3.21. The van der Waals surface area contributed by atoms with E-state index in [1.54, 1.807) is 11.0 Å². The van der Waals surface area contributed by atoms with E-state index in [0.717, 1.165) is 5.39 Å². The van der Waals surface area contributed by atoms with Gasteiger partial charge >= 0.3 is 0 Å². The number of amides is 2. The van der Waals surface area contributed by atoms with Crippen molar-refractivity contribution in [1.82, 2.24) is 14.2 Å². The number of morpholine rings is 1. The molecule has 2 fully saturated rings. The minimum atomic E-state index is -3.91. The lowest BCUT2D eigenvalue weighted by Crippen LogP contribution is -2.49. The molecule has 2 saturated heterocycles. The zero-order valence-electron chi connectivity index (χ0n) is 18.9. The van der Waals surface area contributed by atoms with Crippen LogP contribution >= 0.6 is 0 Å². The van der Waals surface area contributed by atoms with Crippen LogP contribution in [0.5, 0.6) is 0 Å². The Morgan fingerprint density at radius 1 is 0.943 bits per heavy atom. The van der Waals surface area contributed by atoms with E-state index in [0.29, 0.717) is 56.3 Å². The molecule has 0 unspecified atom stereocenters. The maximum atomic E-state index is 13.3. The summed E-state index contributed by atoms with van der Waals surface area (Å²) in [5.74, 6) is -0.495. The number of hydrogen-bond donors (Lipinski definition) is 1. The number of pyridine rings is 1. The van der Waals surface area contributed by atoms with Gasteiger partial charge in [0, 0.05) is 44.7 Å². The smallest absolute Gasteiger partial charge is 0.284 e. The molecule has 2 aliphatic rings. The molecule has 184 valence electrons. The fourth-order valence-electron chi connectivity index (χ4n) is 4.31. The molecule has 0 bridgehead atoms. The molecule has 0 aliphatic carbocycles. The number of ether oxygens (including phenoxy) is 1. The number of para-hydroxylation sites is 1. The monoisotopic (exact) mass is 499 g/mol. The third-order valence-electron chi connectivity index (χ3n) is 6.21. The number of carbonyl (C=O) groups excluding carboxylic acids is 2. The number of piperazine rings is 1. The number of aromatic nitrogens is 1. The van der Waals surface area contributed by atoms with E-state index < -0.39 is 15.9 Å². The SMILES string of the molecule is NC(=O)c1ccc(S(=O)(=O)N2CCN(c3cc(C(=O)N4CCOCC4)c4ccccc4n3)CC2)o1. The Morgan fingerprint density at radius 3 is 2.34 bits per heavy atom. The summed E-state index contributed by atoms with van der Waals surface area (Å²) in [5, 5.41) is 0.457. The topological polar surface area (TPSA) is 139 Å². The molecule has 35 heavy (non-hydrogen) atoms. The molecule has 12 heteroatoms. The molecule has 0 saturated carbocycles. The fraction of sp³-hybridized carbons (Fsp3) is 0.348. The Labute approximate surface area is 202 Å². The zero-order valence-corrected chi connectivity index (χ0v) is 19.7. The van der Waals surface area contributed by atoms with Gasteiger partial charge in [0.1, 0.15) is 5.82 Å². The first-order chi connectivity index (χ1) is 16.8. The maximum absolute atomic E-state index is 13.3. The minimum Gasteiger partial charge on any atom is -0.438 e. The van der Waals surface area contributed by atoms with Crippen molar-refractivity contribution in [3.63, 3.8) is 0 Å². The largest absolute Gasteiger partial charge is 0.438 e. The predicted molar refractivity (Wildman–Crippen MR) is 127 cm³/mol. The molecule has 2 N–H and O–H groups in total. The minimum absolute atomic E-state index is 0.0718. The van der Waals surface area contributed by atoms with E-state index in [4.69, 9.17) is 19.9 Å². The number of rotatable bonds is 5. The van der Waals surface area contributed by atoms with Crippen molar-refractivity contribution in [2.45, 2.75) is 5.09 Å². The Hall–Kier alpha value is -3.48. The molecule has 4 heterocycles. The van der Waals surface area contributed by atoms with Gasteiger partial charge in [-0.15, -0.1) is 0 Å². The molecule has 11 nitrogen and oxygen atoms in total. The van der Waals surface area contributed by atoms with Gasteiger partial charge in [-0.2, -0.15) is 4.31 Å². The van der Waals surface area contributed by atoms with Crippen molar-refractivity contribution >= 4 is 38.6 Å². The molecular weight excluding hydrogens is 474 g/mol. The molecule has 0 spiro atoms. The van der Waals surface area contributed by atoms with Gasteiger partial charge in [-0.1, -0.05) is 18.2 Å². The summed E-state index contributed by atoms with van der Waals surface area (Å²) in [6.07, 6.45) is 0. The van der Waals surface area contributed by atoms with Crippen LogP contribution in [0.3, 0.4) is 0 Å². The summed E-state index contributed by atoms with van der Waals surface area (Å²) in [5.41, 5.74) is 6.43. The summed E-state index contributed by atoms with van der Waals surface area (Å²) in [7, 11) is -3.91. The Bertz CT molecular complexity index is 1370. The standard InChI is InChI=1S/C23H25N5O6S/c24-22(29)19-5-6-21(34-19)35(31,32)28-9-7-26(8-10-28)20-15-17(16-3-1-2-4-18(16)25-20)23(30)27-11-13-33-14-12-27/h1-6,15H,7-14H2,(H2,24,29). The highest BCUT2D eigenvalue weighted by Gasteiger charge is 2.32. The summed E-state index contributed by atoms with van der Waals surface area (Å²) < 4.78 is 37.7. The number of primary amides is 1. The lowest BCUT2D eigenvalue weighted by molar-refractivity contribution is 0.0304. The average Bonchev–Trinajstić information content (AvgIpc) is 3.40. The van der Waals surface area contributed by atoms with Gasteiger partial charge in [-0.05, 0) is 24.3 Å². The first-order valence-corrected chi connectivity index (χ1v) is 12.7. The van der Waals surface area contributed by atoms with Gasteiger partial charge in [0.2, 0.25) is 5.09 Å². The summed E-state index contributed by atoms with van der Waals surface area (Å²) in [4.78, 5) is 33.1. The number of nitrogens with zero attached hydrogens (tertiary/aromatic N) is 4. The summed E-state index contributed by atoms with van der Waals surface area (Å²) >= 11 is 0. The first kappa shape index (κ1) is 23.3. The lowest BCUT2D eigenvalue weighted by atomic mass is 10.1. The van der Waals surface area contributed by atoms with Gasteiger partial charge in [0.05, 0.1) is 24.3 Å². The highest BCUT2D eigenvalue weighted by Crippen LogP contribution is 2.27. The van der Waals surface area contributed by atoms with E-state index in [2.05, 4.69) is 0 Å². The van der Waals surface area contributed by atoms with Gasteiger partial charge in [-0.3, -0.25) is 9.59 Å². The van der Waals surface area contributed by atoms with Gasteiger partial charge in [0.25, 0.3) is 21.8 Å². The van der Waals surface area contributed by atoms with Crippen LogP contribution in [0.2, 0.25) is 0 Å². The number of fused-ring (bicyclic) bond motifs is 1. The van der Waals surface area contributed by atoms with E-state index in [1.807, 2.05) is 29.2 Å². The van der Waals surface area contributed by atoms with E-state index in [-0.39, 0.29) is 29.8 Å². The van der Waals surface area contributed by atoms with Crippen LogP contribution < -0.4 is 10.6 Å². The number of anilines is 1. The van der Waals surface area contributed by atoms with Crippen molar-refractivity contribution in [3.05, 3.63) is 53.8 Å². The van der Waals surface area contributed by atoms with Crippen LogP contribution in [0.25, 0.3) is 10.9 Å². The molecule has 5 rings (SSSR count). The zero-order chi connectivity index (χ0) is 24.6. The molecule has 2 aromatic heterocycles. The molecule has 2 amide bonds. The summed E-state index contributed by atoms with van der Waals surface area (Å²) in [6, 6.07) is 11.8. The number of hydrogen-bond acceptors (Lipinski definition) is 8. The maximum Gasteiger partial charge on any atom is 0.284 e. The van der Waals surface area contributed by atoms with Gasteiger partial charge < -0.3 is 24.7 Å². The first-order valence-electron chi connectivity index (χ1n) is 11.3. The van der Waals surface area contributed by atoms with Crippen LogP contribution in [0.1, 0.15) is 20.9 Å². The number of sulfonamides is 1. The molecule has 1 aromatic carbocycles. The van der Waals surface area contributed by atoms with Crippen molar-refractivity contribution in [1.29, 1.82) is 0 Å². The van der Waals surface area contributed by atoms with E-state index in [1.165, 1.54) is 16.4 Å². The number of furan rings is 1. The number of nitrogens with two attached hydrogens (primary N) is 1. The number of benzene rings is 1. The molecule has 0 radical (unpaired) electrons. The van der Waals surface area contributed by atoms with E-state index in [9.17, 15) is 18.0 Å². The van der Waals surface area contributed by atoms with Crippen LogP contribution in [0.15, 0.2) is 52.0 Å². The van der Waals surface area contributed by atoms with Crippen molar-refractivity contribution in [3.8, 4) is 0 Å². The van der Waals surface area contributed by atoms with Crippen LogP contribution in [0.4, 0.5) is 5.82 Å². The second kappa shape index (κ2) is 9.29. The molecule has 2 aliphatic heterocycles. The lowest BCUT2D eigenvalue weighted by Gasteiger charge is -2.34. The third kappa shape index (κ3) is 4.47. The number of carbonyl (C=O) groups is 2. The van der Waals surface area contributed by atoms with Crippen molar-refractivity contribution < 1.29 is 27.2 Å². The predicted octanol–water partition coefficient (Wildman–Crippen LogP) is 0.910. The Morgan fingerprint density at radius 2 is 1.66 bits per heavy atom. The second-order valence-electron chi connectivity index (χ2n) is 8.32. The second-order valence-corrected chi connectivity index (χ2v) is 10.2. The van der Waals surface area contributed by atoms with E-state index >= 15 is 0 Å². The van der Waals surface area contributed by atoms with Crippen LogP contribution in [-0.2, 0) is 14.8 Å². The quantitative estimate of drug-likeness (QED) is 0.547. The molecular formula is C23H25N5O6S. The highest BCUT2D eigenvalue weighted by molar-refractivity contribution is 7.89. The highest BCUT2D eigenvalue weighted by atomic mass is 32.2.